The quantitative estimate of drug-likeness (QED) is 0.382. The van der Waals surface area contributed by atoms with Gasteiger partial charge in [0, 0.05) is 48.9 Å². The van der Waals surface area contributed by atoms with Crippen molar-refractivity contribution in [1.82, 2.24) is 29.9 Å². The number of nitrogens with one attached hydrogen (secondary N) is 1. The van der Waals surface area contributed by atoms with E-state index in [1.54, 1.807) is 12.4 Å². The van der Waals surface area contributed by atoms with Gasteiger partial charge in [-0.15, -0.1) is 0 Å². The Labute approximate surface area is 197 Å². The third-order valence-corrected chi connectivity index (χ3v) is 5.54. The molecule has 0 spiro atoms. The monoisotopic (exact) mass is 448 g/mol. The lowest BCUT2D eigenvalue weighted by Crippen LogP contribution is -2.23. The number of benzene rings is 2. The summed E-state index contributed by atoms with van der Waals surface area (Å²) in [5.74, 6) is -0.0133. The highest BCUT2D eigenvalue weighted by Gasteiger charge is 2.14. The van der Waals surface area contributed by atoms with Crippen molar-refractivity contribution in [3.8, 4) is 22.6 Å². The summed E-state index contributed by atoms with van der Waals surface area (Å²) in [6.07, 6.45) is 10.2. The third kappa shape index (κ3) is 4.94. The molecule has 7 nitrogen and oxygen atoms in total. The number of hydrogen-bond acceptors (Lipinski definition) is 4. The Morgan fingerprint density at radius 2 is 1.50 bits per heavy atom. The zero-order chi connectivity index (χ0) is 23.2. The predicted molar refractivity (Wildman–Crippen MR) is 131 cm³/mol. The van der Waals surface area contributed by atoms with Crippen LogP contribution in [-0.4, -0.2) is 30.5 Å². The molecule has 0 fully saturated rings. The van der Waals surface area contributed by atoms with Crippen molar-refractivity contribution in [2.75, 3.05) is 0 Å². The van der Waals surface area contributed by atoms with Gasteiger partial charge in [0.25, 0.3) is 0 Å². The molecule has 1 amide bonds. The van der Waals surface area contributed by atoms with Crippen molar-refractivity contribution in [3.63, 3.8) is 0 Å². The van der Waals surface area contributed by atoms with Crippen molar-refractivity contribution >= 4 is 5.91 Å². The average Bonchev–Trinajstić information content (AvgIpc) is 3.55. The second-order valence-corrected chi connectivity index (χ2v) is 7.92. The Bertz CT molecular complexity index is 1360. The number of hydrogen-bond donors (Lipinski definition) is 1. The number of pyridine rings is 1. The van der Waals surface area contributed by atoms with Crippen LogP contribution in [0.15, 0.2) is 104 Å². The first-order valence-corrected chi connectivity index (χ1v) is 11.2. The molecule has 0 saturated heterocycles. The molecule has 7 heteroatoms. The Morgan fingerprint density at radius 3 is 2.21 bits per heavy atom. The maximum atomic E-state index is 12.6. The normalized spacial score (nSPS) is 10.8. The lowest BCUT2D eigenvalue weighted by Gasteiger charge is -2.05. The Hall–Kier alpha value is -4.52. The summed E-state index contributed by atoms with van der Waals surface area (Å²) in [4.78, 5) is 16.7. The van der Waals surface area contributed by atoms with Crippen LogP contribution in [0.2, 0.25) is 0 Å². The molecule has 3 heterocycles. The number of amides is 1. The summed E-state index contributed by atoms with van der Waals surface area (Å²) in [5, 5.41) is 12.2. The fourth-order valence-electron chi connectivity index (χ4n) is 3.76. The number of aryl methyl sites for hydroxylation is 1. The smallest absolute Gasteiger partial charge is 0.220 e. The van der Waals surface area contributed by atoms with Gasteiger partial charge >= 0.3 is 0 Å². The maximum absolute atomic E-state index is 12.6. The molecule has 0 atom stereocenters. The second kappa shape index (κ2) is 9.95. The van der Waals surface area contributed by atoms with Gasteiger partial charge in [0.1, 0.15) is 0 Å². The predicted octanol–water partition coefficient (Wildman–Crippen LogP) is 4.37. The molecule has 5 rings (SSSR count). The van der Waals surface area contributed by atoms with Crippen molar-refractivity contribution in [2.24, 2.45) is 0 Å². The van der Waals surface area contributed by atoms with E-state index in [1.165, 1.54) is 0 Å². The Morgan fingerprint density at radius 1 is 0.824 bits per heavy atom. The Kier molecular flexibility index (Phi) is 6.25. The summed E-state index contributed by atoms with van der Waals surface area (Å²) in [5.41, 5.74) is 5.72. The van der Waals surface area contributed by atoms with E-state index in [9.17, 15) is 4.79 Å². The topological polar surface area (TPSA) is 77.6 Å². The molecule has 0 radical (unpaired) electrons. The van der Waals surface area contributed by atoms with Gasteiger partial charge in [-0.05, 0) is 48.4 Å². The molecule has 0 saturated carbocycles. The molecule has 0 aliphatic carbocycles. The van der Waals surface area contributed by atoms with Crippen LogP contribution in [0.3, 0.4) is 0 Å². The van der Waals surface area contributed by atoms with Crippen LogP contribution in [0.1, 0.15) is 17.5 Å². The summed E-state index contributed by atoms with van der Waals surface area (Å²) < 4.78 is 3.67. The number of rotatable bonds is 8. The van der Waals surface area contributed by atoms with Crippen molar-refractivity contribution in [3.05, 3.63) is 115 Å². The summed E-state index contributed by atoms with van der Waals surface area (Å²) in [6.45, 7) is 0.395. The van der Waals surface area contributed by atoms with Gasteiger partial charge in [0.15, 0.2) is 0 Å². The first kappa shape index (κ1) is 21.3. The van der Waals surface area contributed by atoms with Gasteiger partial charge in [0.2, 0.25) is 5.91 Å². The van der Waals surface area contributed by atoms with Crippen LogP contribution in [0, 0.1) is 0 Å². The van der Waals surface area contributed by atoms with Gasteiger partial charge in [-0.1, -0.05) is 36.4 Å². The van der Waals surface area contributed by atoms with Gasteiger partial charge in [-0.3, -0.25) is 9.78 Å². The molecular weight excluding hydrogens is 424 g/mol. The first-order valence-electron chi connectivity index (χ1n) is 11.2. The zero-order valence-electron chi connectivity index (χ0n) is 18.6. The maximum Gasteiger partial charge on any atom is 0.220 e. The number of carbonyl (C=O) groups is 1. The first-order chi connectivity index (χ1) is 16.8. The van der Waals surface area contributed by atoms with E-state index in [-0.39, 0.29) is 5.91 Å². The summed E-state index contributed by atoms with van der Waals surface area (Å²) >= 11 is 0. The number of carbonyl (C=O) groups excluding carboxylic acids is 1. The molecule has 2 aromatic carbocycles. The summed E-state index contributed by atoms with van der Waals surface area (Å²) in [6, 6.07) is 23.7. The van der Waals surface area contributed by atoms with Crippen LogP contribution in [0.25, 0.3) is 22.6 Å². The van der Waals surface area contributed by atoms with Crippen molar-refractivity contribution in [2.45, 2.75) is 19.4 Å². The summed E-state index contributed by atoms with van der Waals surface area (Å²) in [7, 11) is 0. The molecule has 168 valence electrons. The van der Waals surface area contributed by atoms with Crippen molar-refractivity contribution in [1.29, 1.82) is 0 Å². The van der Waals surface area contributed by atoms with E-state index in [1.807, 2.05) is 101 Å². The van der Waals surface area contributed by atoms with E-state index < -0.39 is 0 Å². The van der Waals surface area contributed by atoms with Gasteiger partial charge in [-0.25, -0.2) is 9.36 Å². The lowest BCUT2D eigenvalue weighted by atomic mass is 10.1. The van der Waals surface area contributed by atoms with Crippen molar-refractivity contribution < 1.29 is 4.79 Å². The van der Waals surface area contributed by atoms with Crippen LogP contribution in [-0.2, 0) is 17.8 Å². The molecule has 5 aromatic rings. The molecule has 0 aliphatic heterocycles. The highest BCUT2D eigenvalue weighted by Crippen LogP contribution is 2.23. The second-order valence-electron chi connectivity index (χ2n) is 7.92. The standard InChI is InChI=1S/C27H24N6O/c34-26(12-11-21-17-30-32(19-21)24-7-3-1-4-8-24)29-18-23-20-33(25-9-5-2-6-10-25)31-27(23)22-13-15-28-16-14-22/h1-10,13-17,19-20H,11-12,18H2,(H,29,34). The number of aromatic nitrogens is 5. The van der Waals surface area contributed by atoms with Crippen LogP contribution >= 0.6 is 0 Å². The fraction of sp³-hybridized carbons (Fsp3) is 0.111. The van der Waals surface area contributed by atoms with E-state index in [0.29, 0.717) is 19.4 Å². The molecule has 3 aromatic heterocycles. The van der Waals surface area contributed by atoms with Crippen LogP contribution in [0.5, 0.6) is 0 Å². The average molecular weight is 449 g/mol. The minimum atomic E-state index is -0.0133. The van der Waals surface area contributed by atoms with Gasteiger partial charge < -0.3 is 5.32 Å². The lowest BCUT2D eigenvalue weighted by molar-refractivity contribution is -0.121. The molecule has 0 bridgehead atoms. The number of para-hydroxylation sites is 2. The van der Waals surface area contributed by atoms with E-state index in [4.69, 9.17) is 5.10 Å². The van der Waals surface area contributed by atoms with E-state index in [2.05, 4.69) is 15.4 Å². The molecule has 1 N–H and O–H groups in total. The molecule has 34 heavy (non-hydrogen) atoms. The largest absolute Gasteiger partial charge is 0.352 e. The minimum Gasteiger partial charge on any atom is -0.352 e. The highest BCUT2D eigenvalue weighted by atomic mass is 16.1. The van der Waals surface area contributed by atoms with E-state index >= 15 is 0 Å². The highest BCUT2D eigenvalue weighted by molar-refractivity contribution is 5.76. The van der Waals surface area contributed by atoms with Crippen LogP contribution < -0.4 is 5.32 Å². The van der Waals surface area contributed by atoms with Crippen LogP contribution in [0.4, 0.5) is 0 Å². The SMILES string of the molecule is O=C(CCc1cnn(-c2ccccc2)c1)NCc1cn(-c2ccccc2)nc1-c1ccncc1. The molecule has 0 unspecified atom stereocenters. The Balaban J connectivity index is 1.25. The van der Waals surface area contributed by atoms with Gasteiger partial charge in [0.05, 0.1) is 23.3 Å². The van der Waals surface area contributed by atoms with Gasteiger partial charge in [-0.2, -0.15) is 10.2 Å². The molecule has 0 aliphatic rings. The molecular formula is C27H24N6O. The third-order valence-electron chi connectivity index (χ3n) is 5.54. The van der Waals surface area contributed by atoms with E-state index in [0.717, 1.165) is 33.8 Å². The minimum absolute atomic E-state index is 0.0133. The number of nitrogens with zero attached hydrogens (tertiary/aromatic N) is 5. The zero-order valence-corrected chi connectivity index (χ0v) is 18.6. The fourth-order valence-corrected chi connectivity index (χ4v) is 3.76.